The van der Waals surface area contributed by atoms with E-state index in [1.54, 1.807) is 38.2 Å². The Hall–Kier alpha value is -3.45. The summed E-state index contributed by atoms with van der Waals surface area (Å²) in [6.07, 6.45) is 3.50. The van der Waals surface area contributed by atoms with Crippen LogP contribution in [-0.4, -0.2) is 32.6 Å². The molecule has 0 spiro atoms. The number of carbonyl (C=O) groups is 1. The van der Waals surface area contributed by atoms with Gasteiger partial charge < -0.3 is 4.74 Å². The van der Waals surface area contributed by atoms with Crippen molar-refractivity contribution >= 4 is 17.5 Å². The molecule has 0 aliphatic rings. The lowest BCUT2D eigenvalue weighted by Gasteiger charge is -2.16. The van der Waals surface area contributed by atoms with Gasteiger partial charge in [0.15, 0.2) is 16.8 Å². The number of methoxy groups -OCH3 is 1. The minimum absolute atomic E-state index is 0.0950. The third-order valence-corrected chi connectivity index (χ3v) is 6.69. The van der Waals surface area contributed by atoms with Gasteiger partial charge in [-0.1, -0.05) is 17.8 Å². The van der Waals surface area contributed by atoms with E-state index < -0.39 is 0 Å². The molecule has 0 bridgehead atoms. The number of benzene rings is 2. The van der Waals surface area contributed by atoms with Crippen LogP contribution in [0.2, 0.25) is 0 Å². The summed E-state index contributed by atoms with van der Waals surface area (Å²) < 4.78 is 7.37. The highest BCUT2D eigenvalue weighted by Gasteiger charge is 2.19. The number of rotatable bonds is 7. The third-order valence-electron chi connectivity index (χ3n) is 5.73. The summed E-state index contributed by atoms with van der Waals surface area (Å²) in [6.45, 7) is 7.75. The summed E-state index contributed by atoms with van der Waals surface area (Å²) in [5.74, 6) is 2.31. The highest BCUT2D eigenvalue weighted by Crippen LogP contribution is 2.33. The highest BCUT2D eigenvalue weighted by atomic mass is 32.2. The van der Waals surface area contributed by atoms with E-state index >= 15 is 0 Å². The molecule has 6 nitrogen and oxygen atoms in total. The fourth-order valence-corrected chi connectivity index (χ4v) is 5.28. The van der Waals surface area contributed by atoms with Crippen molar-refractivity contribution in [2.45, 2.75) is 38.6 Å². The van der Waals surface area contributed by atoms with Gasteiger partial charge in [0, 0.05) is 35.0 Å². The van der Waals surface area contributed by atoms with Crippen LogP contribution in [0, 0.1) is 20.8 Å². The van der Waals surface area contributed by atoms with Crippen LogP contribution >= 0.6 is 11.8 Å². The zero-order valence-electron chi connectivity index (χ0n) is 19.4. The van der Waals surface area contributed by atoms with Gasteiger partial charge in [-0.2, -0.15) is 0 Å². The number of hydrogen-bond acceptors (Lipinski definition) is 6. The molecule has 4 rings (SSSR count). The maximum atomic E-state index is 12.2. The third kappa shape index (κ3) is 4.54. The van der Waals surface area contributed by atoms with Gasteiger partial charge in [0.1, 0.15) is 5.75 Å². The van der Waals surface area contributed by atoms with E-state index in [-0.39, 0.29) is 5.78 Å². The molecular weight excluding hydrogens is 432 g/mol. The number of Topliss-reactive ketones (excluding diaryl/α,β-unsaturated/α-hetero) is 1. The van der Waals surface area contributed by atoms with Gasteiger partial charge in [0.2, 0.25) is 0 Å². The molecule has 0 amide bonds. The lowest BCUT2D eigenvalue weighted by atomic mass is 9.92. The molecule has 2 aromatic carbocycles. The summed E-state index contributed by atoms with van der Waals surface area (Å²) in [6, 6.07) is 13.8. The molecule has 33 heavy (non-hydrogen) atoms. The topological polar surface area (TPSA) is 69.9 Å². The average molecular weight is 459 g/mol. The first-order valence-corrected chi connectivity index (χ1v) is 11.6. The second kappa shape index (κ2) is 9.58. The normalized spacial score (nSPS) is 10.9. The first-order valence-electron chi connectivity index (χ1n) is 10.6. The van der Waals surface area contributed by atoms with E-state index in [1.165, 1.54) is 5.56 Å². The SMILES string of the molecule is COc1ccc(-n2c(SCc3c(C)cc(C)c(C(C)=O)c3C)nnc2-c2ccncc2)cc1. The Bertz CT molecular complexity index is 1300. The Morgan fingerprint density at radius 1 is 1.00 bits per heavy atom. The van der Waals surface area contributed by atoms with Crippen molar-refractivity contribution < 1.29 is 9.53 Å². The number of aryl methyl sites for hydroxylation is 2. The van der Waals surface area contributed by atoms with Crippen molar-refractivity contribution in [2.75, 3.05) is 7.11 Å². The highest BCUT2D eigenvalue weighted by molar-refractivity contribution is 7.98. The van der Waals surface area contributed by atoms with Crippen molar-refractivity contribution in [3.8, 4) is 22.8 Å². The zero-order chi connectivity index (χ0) is 23.5. The maximum Gasteiger partial charge on any atom is 0.196 e. The van der Waals surface area contributed by atoms with Crippen molar-refractivity contribution in [3.63, 3.8) is 0 Å². The summed E-state index contributed by atoms with van der Waals surface area (Å²) in [4.78, 5) is 16.3. The zero-order valence-corrected chi connectivity index (χ0v) is 20.2. The first kappa shape index (κ1) is 22.7. The summed E-state index contributed by atoms with van der Waals surface area (Å²) in [7, 11) is 1.65. The molecule has 0 atom stereocenters. The summed E-state index contributed by atoms with van der Waals surface area (Å²) >= 11 is 1.61. The van der Waals surface area contributed by atoms with E-state index in [1.807, 2.05) is 54.8 Å². The largest absolute Gasteiger partial charge is 0.497 e. The van der Waals surface area contributed by atoms with Gasteiger partial charge in [0.25, 0.3) is 0 Å². The van der Waals surface area contributed by atoms with E-state index in [0.717, 1.165) is 50.2 Å². The van der Waals surface area contributed by atoms with Gasteiger partial charge in [-0.3, -0.25) is 14.3 Å². The second-order valence-electron chi connectivity index (χ2n) is 7.91. The Kier molecular flexibility index (Phi) is 6.60. The quantitative estimate of drug-likeness (QED) is 0.259. The number of ether oxygens (including phenoxy) is 1. The molecule has 0 radical (unpaired) electrons. The van der Waals surface area contributed by atoms with Crippen LogP contribution in [0.4, 0.5) is 0 Å². The van der Waals surface area contributed by atoms with Crippen molar-refractivity contribution in [1.82, 2.24) is 19.7 Å². The standard InChI is InChI=1S/C26H26N4O2S/c1-16-14-17(2)24(19(4)31)18(3)23(16)15-33-26-29-28-25(20-10-12-27-13-11-20)30(26)21-6-8-22(32-5)9-7-21/h6-14H,15H2,1-5H3. The molecule has 7 heteroatoms. The van der Waals surface area contributed by atoms with Crippen molar-refractivity contribution in [2.24, 2.45) is 0 Å². The fourth-order valence-electron chi connectivity index (χ4n) is 4.14. The molecule has 0 unspecified atom stereocenters. The predicted molar refractivity (Wildman–Crippen MR) is 131 cm³/mol. The Morgan fingerprint density at radius 3 is 2.33 bits per heavy atom. The summed E-state index contributed by atoms with van der Waals surface area (Å²) in [5.41, 5.74) is 7.08. The van der Waals surface area contributed by atoms with Crippen LogP contribution in [0.5, 0.6) is 5.75 Å². The van der Waals surface area contributed by atoms with Gasteiger partial charge in [-0.05, 0) is 86.3 Å². The van der Waals surface area contributed by atoms with Crippen LogP contribution in [0.1, 0.15) is 39.5 Å². The molecule has 0 fully saturated rings. The lowest BCUT2D eigenvalue weighted by Crippen LogP contribution is -2.06. The van der Waals surface area contributed by atoms with E-state index in [0.29, 0.717) is 5.75 Å². The van der Waals surface area contributed by atoms with Gasteiger partial charge in [-0.15, -0.1) is 10.2 Å². The van der Waals surface area contributed by atoms with Crippen LogP contribution in [0.15, 0.2) is 60.0 Å². The van der Waals surface area contributed by atoms with Crippen molar-refractivity contribution in [3.05, 3.63) is 82.7 Å². The van der Waals surface area contributed by atoms with Crippen LogP contribution in [0.3, 0.4) is 0 Å². The molecule has 168 valence electrons. The maximum absolute atomic E-state index is 12.2. The van der Waals surface area contributed by atoms with Gasteiger partial charge in [0.05, 0.1) is 7.11 Å². The number of ketones is 1. The Balaban J connectivity index is 1.76. The van der Waals surface area contributed by atoms with Crippen LogP contribution in [0.25, 0.3) is 17.1 Å². The average Bonchev–Trinajstić information content (AvgIpc) is 3.23. The predicted octanol–water partition coefficient (Wildman–Crippen LogP) is 5.76. The number of thioether (sulfide) groups is 1. The number of pyridine rings is 1. The van der Waals surface area contributed by atoms with Gasteiger partial charge >= 0.3 is 0 Å². The number of aromatic nitrogens is 4. The molecule has 0 N–H and O–H groups in total. The Labute approximate surface area is 198 Å². The number of carbonyl (C=O) groups excluding carboxylic acids is 1. The van der Waals surface area contributed by atoms with E-state index in [9.17, 15) is 4.79 Å². The molecule has 4 aromatic rings. The van der Waals surface area contributed by atoms with Gasteiger partial charge in [-0.25, -0.2) is 0 Å². The molecule has 0 aliphatic heterocycles. The first-order chi connectivity index (χ1) is 15.9. The second-order valence-corrected chi connectivity index (χ2v) is 8.85. The number of hydrogen-bond donors (Lipinski definition) is 0. The monoisotopic (exact) mass is 458 g/mol. The molecule has 0 aliphatic carbocycles. The minimum atomic E-state index is 0.0950. The van der Waals surface area contributed by atoms with E-state index in [4.69, 9.17) is 4.74 Å². The number of nitrogens with zero attached hydrogens (tertiary/aromatic N) is 4. The van der Waals surface area contributed by atoms with Crippen molar-refractivity contribution in [1.29, 1.82) is 0 Å². The molecule has 0 saturated heterocycles. The fraction of sp³-hybridized carbons (Fsp3) is 0.231. The molecule has 0 saturated carbocycles. The molecule has 2 aromatic heterocycles. The molecule has 2 heterocycles. The summed E-state index contributed by atoms with van der Waals surface area (Å²) in [5, 5.41) is 9.79. The lowest BCUT2D eigenvalue weighted by molar-refractivity contribution is 0.101. The molecular formula is C26H26N4O2S. The smallest absolute Gasteiger partial charge is 0.196 e. The Morgan fingerprint density at radius 2 is 1.70 bits per heavy atom. The van der Waals surface area contributed by atoms with E-state index in [2.05, 4.69) is 28.2 Å². The van der Waals surface area contributed by atoms with Crippen LogP contribution in [-0.2, 0) is 5.75 Å². The minimum Gasteiger partial charge on any atom is -0.497 e. The van der Waals surface area contributed by atoms with Crippen LogP contribution < -0.4 is 4.74 Å².